The van der Waals surface area contributed by atoms with Crippen LogP contribution in [-0.4, -0.2) is 22.2 Å². The Morgan fingerprint density at radius 2 is 2.33 bits per heavy atom. The zero-order valence-electron chi connectivity index (χ0n) is 8.40. The summed E-state index contributed by atoms with van der Waals surface area (Å²) in [6.45, 7) is 1.51. The lowest BCUT2D eigenvalue weighted by molar-refractivity contribution is -0.109. The van der Waals surface area contributed by atoms with Gasteiger partial charge in [0, 0.05) is 13.0 Å². The van der Waals surface area contributed by atoms with Gasteiger partial charge in [-0.3, -0.25) is 4.79 Å². The second-order valence-corrected chi connectivity index (χ2v) is 4.18. The minimum absolute atomic E-state index is 0.0148. The first-order chi connectivity index (χ1) is 7.19. The molecule has 0 radical (unpaired) electrons. The summed E-state index contributed by atoms with van der Waals surface area (Å²) in [5.41, 5.74) is 1.71. The lowest BCUT2D eigenvalue weighted by Crippen LogP contribution is -1.82. The molecule has 0 atom stereocenters. The predicted molar refractivity (Wildman–Crippen MR) is 59.2 cm³/mol. The Bertz CT molecular complexity index is 507. The number of thioether (sulfide) groups is 1. The summed E-state index contributed by atoms with van der Waals surface area (Å²) in [7, 11) is 1.61. The number of carbonyl (C=O) groups excluding carboxylic acids is 1. The standard InChI is InChI=1S/C10H10N2O2S/c1-6(13)15-10-11-8-4-3-7(14-2)5-9(8)12-10/h3-5H,1-2H3,(H,11,12). The molecule has 0 aliphatic rings. The van der Waals surface area contributed by atoms with Crippen molar-refractivity contribution in [3.63, 3.8) is 0 Å². The minimum Gasteiger partial charge on any atom is -0.497 e. The van der Waals surface area contributed by atoms with Crippen LogP contribution in [0, 0.1) is 0 Å². The maximum Gasteiger partial charge on any atom is 0.193 e. The van der Waals surface area contributed by atoms with E-state index in [9.17, 15) is 4.79 Å². The third-order valence-electron chi connectivity index (χ3n) is 1.91. The Morgan fingerprint density at radius 1 is 1.53 bits per heavy atom. The van der Waals surface area contributed by atoms with E-state index < -0.39 is 0 Å². The summed E-state index contributed by atoms with van der Waals surface area (Å²) in [6.07, 6.45) is 0. The van der Waals surface area contributed by atoms with E-state index in [4.69, 9.17) is 4.74 Å². The van der Waals surface area contributed by atoms with Gasteiger partial charge in [-0.15, -0.1) is 0 Å². The van der Waals surface area contributed by atoms with Gasteiger partial charge in [0.2, 0.25) is 0 Å². The van der Waals surface area contributed by atoms with Crippen molar-refractivity contribution >= 4 is 27.9 Å². The number of hydrogen-bond acceptors (Lipinski definition) is 4. The number of benzene rings is 1. The van der Waals surface area contributed by atoms with Crippen LogP contribution in [0.5, 0.6) is 5.75 Å². The minimum atomic E-state index is 0.0148. The van der Waals surface area contributed by atoms with Crippen molar-refractivity contribution in [1.29, 1.82) is 0 Å². The smallest absolute Gasteiger partial charge is 0.193 e. The normalized spacial score (nSPS) is 10.5. The van der Waals surface area contributed by atoms with Gasteiger partial charge >= 0.3 is 0 Å². The average molecular weight is 222 g/mol. The number of imidazole rings is 1. The van der Waals surface area contributed by atoms with Crippen LogP contribution in [0.25, 0.3) is 11.0 Å². The molecule has 2 aromatic rings. The zero-order chi connectivity index (χ0) is 10.8. The van der Waals surface area contributed by atoms with Crippen LogP contribution in [0.1, 0.15) is 6.92 Å². The van der Waals surface area contributed by atoms with Gasteiger partial charge in [-0.2, -0.15) is 0 Å². The third-order valence-corrected chi connectivity index (χ3v) is 2.58. The summed E-state index contributed by atoms with van der Waals surface area (Å²) in [4.78, 5) is 18.2. The molecule has 0 spiro atoms. The molecule has 78 valence electrons. The first-order valence-electron chi connectivity index (χ1n) is 4.41. The summed E-state index contributed by atoms with van der Waals surface area (Å²) >= 11 is 1.09. The molecule has 0 aliphatic heterocycles. The summed E-state index contributed by atoms with van der Waals surface area (Å²) < 4.78 is 5.09. The Kier molecular flexibility index (Phi) is 2.64. The van der Waals surface area contributed by atoms with Gasteiger partial charge in [0.25, 0.3) is 0 Å². The molecule has 0 bridgehead atoms. The average Bonchev–Trinajstić information content (AvgIpc) is 2.57. The molecular formula is C10H10N2O2S. The van der Waals surface area contributed by atoms with E-state index in [0.29, 0.717) is 5.16 Å². The van der Waals surface area contributed by atoms with Crippen molar-refractivity contribution in [2.24, 2.45) is 0 Å². The number of methoxy groups -OCH3 is 1. The zero-order valence-corrected chi connectivity index (χ0v) is 9.22. The predicted octanol–water partition coefficient (Wildman–Crippen LogP) is 2.21. The molecule has 1 aromatic carbocycles. The molecule has 0 unspecified atom stereocenters. The molecule has 0 saturated carbocycles. The SMILES string of the molecule is COc1ccc2nc(SC(C)=O)[nH]c2c1. The van der Waals surface area contributed by atoms with Crippen LogP contribution in [0.15, 0.2) is 23.4 Å². The van der Waals surface area contributed by atoms with Crippen molar-refractivity contribution in [1.82, 2.24) is 9.97 Å². The van der Waals surface area contributed by atoms with Crippen molar-refractivity contribution in [2.45, 2.75) is 12.1 Å². The Balaban J connectivity index is 2.42. The molecule has 5 heteroatoms. The fourth-order valence-corrected chi connectivity index (χ4v) is 1.85. The van der Waals surface area contributed by atoms with Crippen molar-refractivity contribution in [3.05, 3.63) is 18.2 Å². The van der Waals surface area contributed by atoms with Crippen molar-refractivity contribution in [3.8, 4) is 5.75 Å². The van der Waals surface area contributed by atoms with Crippen LogP contribution < -0.4 is 4.74 Å². The number of hydrogen-bond donors (Lipinski definition) is 1. The van der Waals surface area contributed by atoms with E-state index in [0.717, 1.165) is 28.5 Å². The highest BCUT2D eigenvalue weighted by atomic mass is 32.2. The van der Waals surface area contributed by atoms with E-state index in [2.05, 4.69) is 9.97 Å². The molecule has 1 aromatic heterocycles. The van der Waals surface area contributed by atoms with E-state index in [1.54, 1.807) is 7.11 Å². The quantitative estimate of drug-likeness (QED) is 0.791. The Morgan fingerprint density at radius 3 is 3.00 bits per heavy atom. The Labute approximate surface area is 91.0 Å². The number of aromatic amines is 1. The first-order valence-corrected chi connectivity index (χ1v) is 5.23. The molecule has 0 saturated heterocycles. The van der Waals surface area contributed by atoms with Gasteiger partial charge in [0.1, 0.15) is 5.75 Å². The van der Waals surface area contributed by atoms with Crippen LogP contribution in [0.2, 0.25) is 0 Å². The number of carbonyl (C=O) groups is 1. The van der Waals surface area contributed by atoms with Crippen LogP contribution in [0.3, 0.4) is 0 Å². The fourth-order valence-electron chi connectivity index (χ4n) is 1.28. The van der Waals surface area contributed by atoms with E-state index >= 15 is 0 Å². The second kappa shape index (κ2) is 3.94. The number of ether oxygens (including phenoxy) is 1. The van der Waals surface area contributed by atoms with Gasteiger partial charge < -0.3 is 9.72 Å². The summed E-state index contributed by atoms with van der Waals surface area (Å²) in [5.74, 6) is 0.769. The highest BCUT2D eigenvalue weighted by molar-refractivity contribution is 8.13. The maximum atomic E-state index is 10.9. The summed E-state index contributed by atoms with van der Waals surface area (Å²) in [5, 5.41) is 0.631. The molecule has 2 rings (SSSR count). The first kappa shape index (κ1) is 10.0. The maximum absolute atomic E-state index is 10.9. The number of H-pyrrole nitrogens is 1. The summed E-state index contributed by atoms with van der Waals surface area (Å²) in [6, 6.07) is 5.55. The van der Waals surface area contributed by atoms with Crippen molar-refractivity contribution in [2.75, 3.05) is 7.11 Å². The number of fused-ring (bicyclic) bond motifs is 1. The molecule has 1 N–H and O–H groups in total. The molecule has 15 heavy (non-hydrogen) atoms. The van der Waals surface area contributed by atoms with Gasteiger partial charge in [-0.25, -0.2) is 4.98 Å². The number of rotatable bonds is 2. The van der Waals surface area contributed by atoms with Gasteiger partial charge in [-0.1, -0.05) is 0 Å². The van der Waals surface area contributed by atoms with Gasteiger partial charge in [-0.05, 0) is 23.9 Å². The Hall–Kier alpha value is -1.49. The third kappa shape index (κ3) is 2.12. The molecule has 0 amide bonds. The van der Waals surface area contributed by atoms with E-state index in [1.807, 2.05) is 18.2 Å². The monoisotopic (exact) mass is 222 g/mol. The van der Waals surface area contributed by atoms with Crippen LogP contribution in [0.4, 0.5) is 0 Å². The number of nitrogens with one attached hydrogen (secondary N) is 1. The highest BCUT2D eigenvalue weighted by Crippen LogP contribution is 2.23. The topological polar surface area (TPSA) is 55.0 Å². The molecule has 0 fully saturated rings. The molecule has 1 heterocycles. The van der Waals surface area contributed by atoms with Gasteiger partial charge in [0.15, 0.2) is 10.3 Å². The largest absolute Gasteiger partial charge is 0.497 e. The van der Waals surface area contributed by atoms with Crippen LogP contribution in [-0.2, 0) is 4.79 Å². The fraction of sp³-hybridized carbons (Fsp3) is 0.200. The van der Waals surface area contributed by atoms with Crippen molar-refractivity contribution < 1.29 is 9.53 Å². The van der Waals surface area contributed by atoms with Crippen LogP contribution >= 0.6 is 11.8 Å². The molecule has 4 nitrogen and oxygen atoms in total. The lowest BCUT2D eigenvalue weighted by Gasteiger charge is -1.96. The second-order valence-electron chi connectivity index (χ2n) is 3.02. The molecule has 0 aliphatic carbocycles. The number of nitrogens with zero attached hydrogens (tertiary/aromatic N) is 1. The highest BCUT2D eigenvalue weighted by Gasteiger charge is 2.06. The van der Waals surface area contributed by atoms with E-state index in [-0.39, 0.29) is 5.12 Å². The molecular weight excluding hydrogens is 212 g/mol. The van der Waals surface area contributed by atoms with Gasteiger partial charge in [0.05, 0.1) is 18.1 Å². The lowest BCUT2D eigenvalue weighted by atomic mass is 10.3. The number of aromatic nitrogens is 2. The van der Waals surface area contributed by atoms with E-state index in [1.165, 1.54) is 6.92 Å².